The van der Waals surface area contributed by atoms with Crippen LogP contribution < -0.4 is 14.8 Å². The van der Waals surface area contributed by atoms with Crippen LogP contribution in [0.4, 0.5) is 0 Å². The third kappa shape index (κ3) is 7.03. The van der Waals surface area contributed by atoms with Crippen LogP contribution in [-0.4, -0.2) is 39.5 Å². The van der Waals surface area contributed by atoms with Gasteiger partial charge in [-0.05, 0) is 37.6 Å². The molecule has 0 aliphatic heterocycles. The Morgan fingerprint density at radius 2 is 1.74 bits per heavy atom. The number of methoxy groups -OCH3 is 1. The second kappa shape index (κ2) is 9.64. The summed E-state index contributed by atoms with van der Waals surface area (Å²) >= 11 is 0. The van der Waals surface area contributed by atoms with Crippen molar-refractivity contribution in [1.29, 1.82) is 0 Å². The summed E-state index contributed by atoms with van der Waals surface area (Å²) in [4.78, 5) is 0. The van der Waals surface area contributed by atoms with Crippen LogP contribution in [0, 0.1) is 0 Å². The zero-order valence-corrected chi connectivity index (χ0v) is 12.2. The third-order valence-corrected chi connectivity index (χ3v) is 3.03. The van der Waals surface area contributed by atoms with E-state index in [1.165, 1.54) is 6.42 Å². The van der Waals surface area contributed by atoms with E-state index < -0.39 is 0 Å². The normalized spacial score (nSPS) is 12.2. The first-order chi connectivity index (χ1) is 9.26. The van der Waals surface area contributed by atoms with Gasteiger partial charge in [-0.25, -0.2) is 0 Å². The van der Waals surface area contributed by atoms with Crippen molar-refractivity contribution in [2.45, 2.75) is 26.3 Å². The lowest BCUT2D eigenvalue weighted by Crippen LogP contribution is -2.90. The molecule has 4 heteroatoms. The summed E-state index contributed by atoms with van der Waals surface area (Å²) in [5.74, 6) is 1.68. The van der Waals surface area contributed by atoms with E-state index in [2.05, 4.69) is 19.2 Å². The molecule has 0 saturated carbocycles. The topological polar surface area (TPSA) is 44.3 Å². The molecule has 0 aliphatic rings. The molecule has 1 aromatic carbocycles. The second-order valence-corrected chi connectivity index (χ2v) is 4.55. The Bertz CT molecular complexity index is 327. The minimum Gasteiger partial charge on any atom is -0.497 e. The molecule has 2 N–H and O–H groups in total. The van der Waals surface area contributed by atoms with Crippen LogP contribution in [0.15, 0.2) is 24.3 Å². The molecule has 0 heterocycles. The highest BCUT2D eigenvalue weighted by molar-refractivity contribution is 5.31. The molecule has 19 heavy (non-hydrogen) atoms. The Balaban J connectivity index is 2.01. The summed E-state index contributed by atoms with van der Waals surface area (Å²) in [7, 11) is 1.65. The quantitative estimate of drug-likeness (QED) is 0.653. The molecule has 0 unspecified atom stereocenters. The first-order valence-corrected chi connectivity index (χ1v) is 6.94. The first kappa shape index (κ1) is 15.8. The smallest absolute Gasteiger partial charge is 0.119 e. The van der Waals surface area contributed by atoms with E-state index in [9.17, 15) is 0 Å². The van der Waals surface area contributed by atoms with Gasteiger partial charge in [0.05, 0.1) is 32.9 Å². The van der Waals surface area contributed by atoms with Gasteiger partial charge in [0.1, 0.15) is 18.1 Å². The fraction of sp³-hybridized carbons (Fsp3) is 0.600. The summed E-state index contributed by atoms with van der Waals surface area (Å²) in [5.41, 5.74) is 0. The average molecular weight is 268 g/mol. The van der Waals surface area contributed by atoms with Crippen molar-refractivity contribution in [1.82, 2.24) is 0 Å². The molecule has 4 nitrogen and oxygen atoms in total. The highest BCUT2D eigenvalue weighted by Gasteiger charge is 2.00. The molecule has 0 fully saturated rings. The molecule has 0 saturated heterocycles. The maximum absolute atomic E-state index is 5.56. The molecule has 0 spiro atoms. The maximum atomic E-state index is 5.56. The SMILES string of the molecule is CC[C@H](C)[NH2+]CCOCCOc1ccc(OC)cc1. The fourth-order valence-corrected chi connectivity index (χ4v) is 1.60. The minimum atomic E-state index is 0.579. The third-order valence-electron chi connectivity index (χ3n) is 3.03. The van der Waals surface area contributed by atoms with Crippen LogP contribution in [0.5, 0.6) is 11.5 Å². The predicted octanol–water partition coefficient (Wildman–Crippen LogP) is 1.45. The van der Waals surface area contributed by atoms with Crippen molar-refractivity contribution < 1.29 is 19.5 Å². The Labute approximate surface area is 116 Å². The molecule has 0 aromatic heterocycles. The van der Waals surface area contributed by atoms with E-state index in [1.54, 1.807) is 7.11 Å². The number of hydrogen-bond donors (Lipinski definition) is 1. The molecule has 0 radical (unpaired) electrons. The number of nitrogens with two attached hydrogens (primary N) is 1. The van der Waals surface area contributed by atoms with Gasteiger partial charge >= 0.3 is 0 Å². The Morgan fingerprint density at radius 3 is 2.37 bits per heavy atom. The van der Waals surface area contributed by atoms with Gasteiger partial charge in [-0.2, -0.15) is 0 Å². The zero-order chi connectivity index (χ0) is 13.9. The first-order valence-electron chi connectivity index (χ1n) is 6.94. The molecule has 1 aromatic rings. The predicted molar refractivity (Wildman–Crippen MR) is 75.9 cm³/mol. The van der Waals surface area contributed by atoms with Gasteiger partial charge in [0.25, 0.3) is 0 Å². The van der Waals surface area contributed by atoms with E-state index in [1.807, 2.05) is 24.3 Å². The fourth-order valence-electron chi connectivity index (χ4n) is 1.60. The summed E-state index contributed by atoms with van der Waals surface area (Å²) in [6, 6.07) is 8.25. The van der Waals surface area contributed by atoms with Crippen molar-refractivity contribution in [2.75, 3.05) is 33.5 Å². The maximum Gasteiger partial charge on any atom is 0.119 e. The number of hydrogen-bond acceptors (Lipinski definition) is 3. The van der Waals surface area contributed by atoms with E-state index >= 15 is 0 Å². The number of benzene rings is 1. The highest BCUT2D eigenvalue weighted by atomic mass is 16.5. The zero-order valence-electron chi connectivity index (χ0n) is 12.2. The van der Waals surface area contributed by atoms with Crippen molar-refractivity contribution in [2.24, 2.45) is 0 Å². The minimum absolute atomic E-state index is 0.579. The van der Waals surface area contributed by atoms with Crippen LogP contribution in [0.3, 0.4) is 0 Å². The van der Waals surface area contributed by atoms with Gasteiger partial charge in [0.2, 0.25) is 0 Å². The molecule has 1 rings (SSSR count). The number of ether oxygens (including phenoxy) is 3. The van der Waals surface area contributed by atoms with Crippen LogP contribution in [0.1, 0.15) is 20.3 Å². The van der Waals surface area contributed by atoms with Crippen molar-refractivity contribution in [3.05, 3.63) is 24.3 Å². The monoisotopic (exact) mass is 268 g/mol. The van der Waals surface area contributed by atoms with Crippen molar-refractivity contribution >= 4 is 0 Å². The molecule has 0 amide bonds. The average Bonchev–Trinajstić information content (AvgIpc) is 2.46. The molecular weight excluding hydrogens is 242 g/mol. The highest BCUT2D eigenvalue weighted by Crippen LogP contribution is 2.16. The molecule has 0 aliphatic carbocycles. The van der Waals surface area contributed by atoms with Crippen LogP contribution in [-0.2, 0) is 4.74 Å². The summed E-state index contributed by atoms with van der Waals surface area (Å²) in [6.45, 7) is 7.42. The van der Waals surface area contributed by atoms with Crippen LogP contribution >= 0.6 is 0 Å². The number of rotatable bonds is 10. The van der Waals surface area contributed by atoms with Crippen LogP contribution in [0.25, 0.3) is 0 Å². The molecule has 0 bridgehead atoms. The molecular formula is C15H26NO3+. The van der Waals surface area contributed by atoms with Crippen LogP contribution in [0.2, 0.25) is 0 Å². The van der Waals surface area contributed by atoms with Gasteiger partial charge in [0, 0.05) is 0 Å². The van der Waals surface area contributed by atoms with Gasteiger partial charge in [-0.1, -0.05) is 6.92 Å². The Morgan fingerprint density at radius 1 is 1.05 bits per heavy atom. The summed E-state index contributed by atoms with van der Waals surface area (Å²) < 4.78 is 16.2. The lowest BCUT2D eigenvalue weighted by molar-refractivity contribution is -0.687. The van der Waals surface area contributed by atoms with Crippen molar-refractivity contribution in [3.8, 4) is 11.5 Å². The Kier molecular flexibility index (Phi) is 8.02. The molecule has 1 atom stereocenters. The van der Waals surface area contributed by atoms with Gasteiger partial charge in [-0.3, -0.25) is 0 Å². The standard InChI is InChI=1S/C15H25NO3/c1-4-13(2)16-9-10-18-11-12-19-15-7-5-14(17-3)6-8-15/h5-8,13,16H,4,9-12H2,1-3H3/p+1/t13-/m0/s1. The summed E-state index contributed by atoms with van der Waals surface area (Å²) in [6.07, 6.45) is 1.20. The summed E-state index contributed by atoms with van der Waals surface area (Å²) in [5, 5.41) is 2.31. The lowest BCUT2D eigenvalue weighted by atomic mass is 10.3. The Hall–Kier alpha value is -1.26. The molecule has 108 valence electrons. The largest absolute Gasteiger partial charge is 0.497 e. The van der Waals surface area contributed by atoms with Gasteiger partial charge in [0.15, 0.2) is 0 Å². The lowest BCUT2D eigenvalue weighted by Gasteiger charge is -2.09. The van der Waals surface area contributed by atoms with E-state index in [0.717, 1.165) is 24.7 Å². The number of quaternary nitrogens is 1. The van der Waals surface area contributed by atoms with Crippen molar-refractivity contribution in [3.63, 3.8) is 0 Å². The second-order valence-electron chi connectivity index (χ2n) is 4.55. The van der Waals surface area contributed by atoms with Gasteiger partial charge in [-0.15, -0.1) is 0 Å². The van der Waals surface area contributed by atoms with E-state index in [0.29, 0.717) is 19.3 Å². The van der Waals surface area contributed by atoms with Gasteiger partial charge < -0.3 is 19.5 Å². The van der Waals surface area contributed by atoms with E-state index in [-0.39, 0.29) is 0 Å². The van der Waals surface area contributed by atoms with E-state index in [4.69, 9.17) is 14.2 Å².